The van der Waals surface area contributed by atoms with Crippen LogP contribution in [0.1, 0.15) is 57.1 Å². The van der Waals surface area contributed by atoms with Crippen LogP contribution in [0.15, 0.2) is 48.5 Å². The van der Waals surface area contributed by atoms with Crippen molar-refractivity contribution < 1.29 is 33.7 Å². The minimum absolute atomic E-state index is 0.0794. The van der Waals surface area contributed by atoms with Gasteiger partial charge in [0.1, 0.15) is 12.2 Å². The highest BCUT2D eigenvalue weighted by atomic mass is 28.3. The van der Waals surface area contributed by atoms with Crippen LogP contribution in [0.3, 0.4) is 0 Å². The van der Waals surface area contributed by atoms with Crippen LogP contribution in [-0.4, -0.2) is 63.8 Å². The topological polar surface area (TPSA) is 123 Å². The number of aliphatic hydroxyl groups excluding tert-OH is 1. The largest absolute Gasteiger partial charge is 0.468 e. The Morgan fingerprint density at radius 3 is 2.13 bits per heavy atom. The zero-order valence-electron chi connectivity index (χ0n) is 22.2. The van der Waals surface area contributed by atoms with Crippen molar-refractivity contribution in [2.45, 2.75) is 57.6 Å². The summed E-state index contributed by atoms with van der Waals surface area (Å²) < 4.78 is 16.1. The van der Waals surface area contributed by atoms with Crippen LogP contribution in [0.25, 0.3) is 11.1 Å². The summed E-state index contributed by atoms with van der Waals surface area (Å²) in [6.45, 7) is 5.89. The zero-order valence-corrected chi connectivity index (χ0v) is 23.2. The molecule has 2 amide bonds. The number of carbonyl (C=O) groups is 3. The molecule has 9 nitrogen and oxygen atoms in total. The fourth-order valence-electron chi connectivity index (χ4n) is 4.22. The van der Waals surface area contributed by atoms with Gasteiger partial charge in [-0.05, 0) is 55.5 Å². The van der Waals surface area contributed by atoms with Gasteiger partial charge in [-0.25, -0.2) is 9.59 Å². The number of ether oxygens (including phenoxy) is 3. The Labute approximate surface area is 225 Å². The second-order valence-electron chi connectivity index (χ2n) is 10.0. The third kappa shape index (κ3) is 8.59. The average molecular weight is 542 g/mol. The van der Waals surface area contributed by atoms with Gasteiger partial charge in [0.2, 0.25) is 0 Å². The molecule has 38 heavy (non-hydrogen) atoms. The monoisotopic (exact) mass is 541 g/mol. The fourth-order valence-corrected chi connectivity index (χ4v) is 5.85. The molecule has 0 aromatic heterocycles. The van der Waals surface area contributed by atoms with Gasteiger partial charge in [0.25, 0.3) is 5.59 Å². The van der Waals surface area contributed by atoms with E-state index in [9.17, 15) is 14.4 Å². The van der Waals surface area contributed by atoms with Gasteiger partial charge in [0.15, 0.2) is 0 Å². The van der Waals surface area contributed by atoms with Crippen molar-refractivity contribution >= 4 is 26.7 Å². The van der Waals surface area contributed by atoms with Crippen molar-refractivity contribution in [3.05, 3.63) is 59.7 Å². The number of hydrogen-bond donors (Lipinski definition) is 3. The molecule has 0 unspecified atom stereocenters. The lowest BCUT2D eigenvalue weighted by Crippen LogP contribution is -2.46. The van der Waals surface area contributed by atoms with Crippen molar-refractivity contribution in [3.8, 4) is 11.1 Å². The number of carbonyl (C=O) groups excluding carboxylic acids is 3. The van der Waals surface area contributed by atoms with Crippen molar-refractivity contribution in [1.82, 2.24) is 10.3 Å². The van der Waals surface area contributed by atoms with Crippen LogP contribution in [0.5, 0.6) is 0 Å². The lowest BCUT2D eigenvalue weighted by Gasteiger charge is -2.20. The molecular formula is C28H37N2O7Si. The van der Waals surface area contributed by atoms with Gasteiger partial charge in [-0.15, -0.1) is 0 Å². The number of hydrogen-bond acceptors (Lipinski definition) is 7. The van der Waals surface area contributed by atoms with Crippen LogP contribution in [0.2, 0.25) is 6.04 Å². The molecule has 1 aliphatic carbocycles. The maximum absolute atomic E-state index is 12.8. The summed E-state index contributed by atoms with van der Waals surface area (Å²) in [5.74, 6) is -0.0840. The molecule has 0 fully saturated rings. The highest BCUT2D eigenvalue weighted by Crippen LogP contribution is 2.44. The van der Waals surface area contributed by atoms with Gasteiger partial charge >= 0.3 is 21.1 Å². The SMILES string of the molecule is CC(C)(C)OC(=O)NCCCC[Si](NC(=O)OCC1c2ccccc2-c2ccccc21)C(=O)OCCCO. The smallest absolute Gasteiger partial charge is 0.407 e. The average Bonchev–Trinajstić information content (AvgIpc) is 3.19. The van der Waals surface area contributed by atoms with E-state index in [-0.39, 0.29) is 25.7 Å². The summed E-state index contributed by atoms with van der Waals surface area (Å²) in [4.78, 5) is 39.9. The van der Waals surface area contributed by atoms with E-state index in [0.717, 1.165) is 22.3 Å². The predicted octanol–water partition coefficient (Wildman–Crippen LogP) is 4.92. The van der Waals surface area contributed by atoms with Gasteiger partial charge in [0, 0.05) is 25.5 Å². The number of benzene rings is 2. The minimum atomic E-state index is -2.11. The lowest BCUT2D eigenvalue weighted by molar-refractivity contribution is 0.0527. The van der Waals surface area contributed by atoms with Crippen LogP contribution in [-0.2, 0) is 14.2 Å². The van der Waals surface area contributed by atoms with Crippen LogP contribution >= 0.6 is 0 Å². The first kappa shape index (κ1) is 29.2. The molecule has 0 aliphatic heterocycles. The zero-order chi connectivity index (χ0) is 27.5. The maximum Gasteiger partial charge on any atom is 0.407 e. The number of alkyl carbamates (subject to hydrolysis) is 1. The molecule has 0 heterocycles. The van der Waals surface area contributed by atoms with E-state index < -0.39 is 32.3 Å². The molecule has 205 valence electrons. The van der Waals surface area contributed by atoms with Crippen molar-refractivity contribution in [2.24, 2.45) is 0 Å². The molecule has 10 heteroatoms. The van der Waals surface area contributed by atoms with E-state index in [4.69, 9.17) is 19.3 Å². The molecular weight excluding hydrogens is 504 g/mol. The molecule has 0 bridgehead atoms. The van der Waals surface area contributed by atoms with E-state index in [1.807, 2.05) is 36.4 Å². The molecule has 0 saturated carbocycles. The summed E-state index contributed by atoms with van der Waals surface area (Å²) in [5, 5.41) is 11.7. The number of unbranched alkanes of at least 4 members (excludes halogenated alkanes) is 1. The summed E-state index contributed by atoms with van der Waals surface area (Å²) in [5.41, 5.74) is 3.41. The molecule has 1 radical (unpaired) electrons. The van der Waals surface area contributed by atoms with Gasteiger partial charge in [0.05, 0.1) is 6.61 Å². The number of aliphatic hydroxyl groups is 1. The Kier molecular flexibility index (Phi) is 10.7. The van der Waals surface area contributed by atoms with E-state index in [1.54, 1.807) is 20.8 Å². The molecule has 1 aliphatic rings. The normalized spacial score (nSPS) is 12.4. The highest BCUT2D eigenvalue weighted by molar-refractivity contribution is 6.88. The highest BCUT2D eigenvalue weighted by Gasteiger charge is 2.31. The molecule has 0 spiro atoms. The first-order chi connectivity index (χ1) is 18.2. The Morgan fingerprint density at radius 1 is 0.895 bits per heavy atom. The second-order valence-corrected chi connectivity index (χ2v) is 12.1. The minimum Gasteiger partial charge on any atom is -0.468 e. The molecule has 2 aromatic carbocycles. The van der Waals surface area contributed by atoms with Crippen molar-refractivity contribution in [3.63, 3.8) is 0 Å². The second kappa shape index (κ2) is 14.0. The maximum atomic E-state index is 12.8. The van der Waals surface area contributed by atoms with Gasteiger partial charge in [-0.1, -0.05) is 55.0 Å². The number of rotatable bonds is 12. The molecule has 0 atom stereocenters. The number of nitrogens with one attached hydrogen (secondary N) is 2. The standard InChI is InChI=1S/C28H37N2O7Si/c1-28(2,3)37-25(32)29-15-8-9-18-38(27(34)35-17-10-16-31)30-26(33)36-19-24-22-13-6-4-11-20(22)21-12-5-7-14-23(21)24/h4-7,11-14,24,31H,8-10,15-19H2,1-3H3,(H,29,32)(H,30,33). The first-order valence-corrected chi connectivity index (χ1v) is 14.6. The number of fused-ring (bicyclic) bond motifs is 3. The lowest BCUT2D eigenvalue weighted by atomic mass is 9.98. The van der Waals surface area contributed by atoms with E-state index in [2.05, 4.69) is 22.4 Å². The van der Waals surface area contributed by atoms with Crippen LogP contribution < -0.4 is 10.3 Å². The van der Waals surface area contributed by atoms with E-state index >= 15 is 0 Å². The van der Waals surface area contributed by atoms with E-state index in [0.29, 0.717) is 31.9 Å². The summed E-state index contributed by atoms with van der Waals surface area (Å²) in [6.07, 6.45) is 0.355. The Balaban J connectivity index is 1.53. The van der Waals surface area contributed by atoms with Gasteiger partial charge in [-0.3, -0.25) is 4.79 Å². The van der Waals surface area contributed by atoms with Gasteiger partial charge < -0.3 is 29.6 Å². The van der Waals surface area contributed by atoms with Crippen LogP contribution in [0, 0.1) is 0 Å². The van der Waals surface area contributed by atoms with E-state index in [1.165, 1.54) is 0 Å². The van der Waals surface area contributed by atoms with Crippen LogP contribution in [0.4, 0.5) is 14.4 Å². The van der Waals surface area contributed by atoms with Crippen molar-refractivity contribution in [2.75, 3.05) is 26.4 Å². The Morgan fingerprint density at radius 2 is 1.53 bits per heavy atom. The summed E-state index contributed by atoms with van der Waals surface area (Å²) >= 11 is 0. The number of amides is 2. The molecule has 3 rings (SSSR count). The third-order valence-electron chi connectivity index (χ3n) is 5.90. The summed E-state index contributed by atoms with van der Waals surface area (Å²) in [6, 6.07) is 16.5. The Bertz CT molecular complexity index is 1060. The molecule has 3 N–H and O–H groups in total. The quantitative estimate of drug-likeness (QED) is 0.198. The Hall–Kier alpha value is -3.37. The third-order valence-corrected chi connectivity index (χ3v) is 7.90. The van der Waals surface area contributed by atoms with Crippen molar-refractivity contribution in [1.29, 1.82) is 0 Å². The first-order valence-electron chi connectivity index (χ1n) is 12.9. The fraction of sp³-hybridized carbons (Fsp3) is 0.464. The predicted molar refractivity (Wildman–Crippen MR) is 145 cm³/mol. The van der Waals surface area contributed by atoms with Gasteiger partial charge in [-0.2, -0.15) is 0 Å². The summed E-state index contributed by atoms with van der Waals surface area (Å²) in [7, 11) is -2.11. The molecule has 0 saturated heterocycles. The molecule has 2 aromatic rings.